The number of benzene rings is 1. The van der Waals surface area contributed by atoms with Gasteiger partial charge < -0.3 is 9.64 Å². The molecule has 0 bridgehead atoms. The van der Waals surface area contributed by atoms with Gasteiger partial charge in [-0.1, -0.05) is 32.9 Å². The van der Waals surface area contributed by atoms with Crippen LogP contribution in [0.4, 0.5) is 0 Å². The molecule has 1 fully saturated rings. The smallest absolute Gasteiger partial charge is 0.254 e. The number of carbonyl (C=O) groups excluding carboxylic acids is 1. The van der Waals surface area contributed by atoms with Gasteiger partial charge in [-0.3, -0.25) is 4.79 Å². The molecule has 3 nitrogen and oxygen atoms in total. The summed E-state index contributed by atoms with van der Waals surface area (Å²) in [6.45, 7) is 9.43. The molecule has 1 aromatic rings. The summed E-state index contributed by atoms with van der Waals surface area (Å²) in [5.74, 6) is 0.130. The van der Waals surface area contributed by atoms with Crippen molar-refractivity contribution >= 4 is 5.91 Å². The highest BCUT2D eigenvalue weighted by molar-refractivity contribution is 5.94. The second-order valence-electron chi connectivity index (χ2n) is 6.67. The fraction of sp³-hybridized carbons (Fsp3) is 0.588. The summed E-state index contributed by atoms with van der Waals surface area (Å²) in [5, 5.41) is 0. The van der Waals surface area contributed by atoms with Crippen molar-refractivity contribution < 1.29 is 9.53 Å². The predicted octanol–water partition coefficient (Wildman–Crippen LogP) is 3.14. The van der Waals surface area contributed by atoms with Crippen molar-refractivity contribution in [3.63, 3.8) is 0 Å². The molecule has 3 heteroatoms. The zero-order valence-electron chi connectivity index (χ0n) is 12.8. The Kier molecular flexibility index (Phi) is 4.81. The van der Waals surface area contributed by atoms with E-state index in [0.717, 1.165) is 18.4 Å². The van der Waals surface area contributed by atoms with Crippen molar-refractivity contribution in [2.75, 3.05) is 26.3 Å². The summed E-state index contributed by atoms with van der Waals surface area (Å²) >= 11 is 0. The van der Waals surface area contributed by atoms with Crippen LogP contribution in [0.1, 0.15) is 43.1 Å². The Balaban J connectivity index is 2.03. The highest BCUT2D eigenvalue weighted by atomic mass is 16.5. The first-order chi connectivity index (χ1) is 9.46. The van der Waals surface area contributed by atoms with Crippen molar-refractivity contribution in [1.82, 2.24) is 4.90 Å². The van der Waals surface area contributed by atoms with Crippen LogP contribution < -0.4 is 0 Å². The topological polar surface area (TPSA) is 29.5 Å². The van der Waals surface area contributed by atoms with Crippen LogP contribution in [0.2, 0.25) is 0 Å². The molecular formula is C17H25NO2. The molecule has 0 unspecified atom stereocenters. The fourth-order valence-electron chi connectivity index (χ4n) is 2.33. The summed E-state index contributed by atoms with van der Waals surface area (Å²) in [7, 11) is 0. The summed E-state index contributed by atoms with van der Waals surface area (Å²) < 4.78 is 5.29. The summed E-state index contributed by atoms with van der Waals surface area (Å²) in [6.07, 6.45) is 2.15. The SMILES string of the molecule is CC(C)(C)CCc1cccc(C(=O)N2CCOCC2)c1. The Hall–Kier alpha value is -1.35. The second kappa shape index (κ2) is 6.40. The maximum atomic E-state index is 12.4. The molecule has 1 saturated heterocycles. The van der Waals surface area contributed by atoms with Crippen LogP contribution in [-0.4, -0.2) is 37.1 Å². The Labute approximate surface area is 121 Å². The minimum Gasteiger partial charge on any atom is -0.378 e. The molecule has 0 radical (unpaired) electrons. The lowest BCUT2D eigenvalue weighted by atomic mass is 9.88. The van der Waals surface area contributed by atoms with Gasteiger partial charge in [-0.2, -0.15) is 0 Å². The third-order valence-corrected chi connectivity index (χ3v) is 3.64. The van der Waals surface area contributed by atoms with E-state index < -0.39 is 0 Å². The van der Waals surface area contributed by atoms with Crippen LogP contribution in [0.15, 0.2) is 24.3 Å². The van der Waals surface area contributed by atoms with E-state index in [0.29, 0.717) is 31.7 Å². The number of morpholine rings is 1. The Morgan fingerprint density at radius 2 is 1.95 bits per heavy atom. The van der Waals surface area contributed by atoms with Crippen LogP contribution in [0.25, 0.3) is 0 Å². The third kappa shape index (κ3) is 4.34. The number of nitrogens with zero attached hydrogens (tertiary/aromatic N) is 1. The van der Waals surface area contributed by atoms with E-state index in [9.17, 15) is 4.79 Å². The molecule has 0 atom stereocenters. The molecule has 0 aliphatic carbocycles. The lowest BCUT2D eigenvalue weighted by molar-refractivity contribution is 0.0303. The van der Waals surface area contributed by atoms with Gasteiger partial charge in [0.05, 0.1) is 13.2 Å². The number of rotatable bonds is 3. The predicted molar refractivity (Wildman–Crippen MR) is 80.9 cm³/mol. The quantitative estimate of drug-likeness (QED) is 0.848. The first-order valence-corrected chi connectivity index (χ1v) is 7.42. The van der Waals surface area contributed by atoms with Gasteiger partial charge >= 0.3 is 0 Å². The Morgan fingerprint density at radius 1 is 1.25 bits per heavy atom. The molecule has 0 saturated carbocycles. The summed E-state index contributed by atoms with van der Waals surface area (Å²) in [6, 6.07) is 8.06. The lowest BCUT2D eigenvalue weighted by Crippen LogP contribution is -2.40. The van der Waals surface area contributed by atoms with E-state index in [2.05, 4.69) is 26.8 Å². The molecule has 1 amide bonds. The maximum Gasteiger partial charge on any atom is 0.254 e. The van der Waals surface area contributed by atoms with Gasteiger partial charge in [-0.05, 0) is 36.0 Å². The largest absolute Gasteiger partial charge is 0.378 e. The molecule has 1 aliphatic rings. The number of carbonyl (C=O) groups is 1. The average molecular weight is 275 g/mol. The first kappa shape index (κ1) is 15.0. The molecule has 0 spiro atoms. The molecule has 1 aliphatic heterocycles. The van der Waals surface area contributed by atoms with Crippen LogP contribution in [0.5, 0.6) is 0 Å². The van der Waals surface area contributed by atoms with Gasteiger partial charge in [-0.15, -0.1) is 0 Å². The lowest BCUT2D eigenvalue weighted by Gasteiger charge is -2.27. The van der Waals surface area contributed by atoms with E-state index >= 15 is 0 Å². The van der Waals surface area contributed by atoms with Crippen molar-refractivity contribution in [2.24, 2.45) is 5.41 Å². The van der Waals surface area contributed by atoms with Crippen molar-refractivity contribution in [1.29, 1.82) is 0 Å². The minimum absolute atomic E-state index is 0.130. The summed E-state index contributed by atoms with van der Waals surface area (Å²) in [4.78, 5) is 14.3. The molecule has 2 rings (SSSR count). The maximum absolute atomic E-state index is 12.4. The van der Waals surface area contributed by atoms with Gasteiger partial charge in [0, 0.05) is 18.7 Å². The van der Waals surface area contributed by atoms with Gasteiger partial charge in [-0.25, -0.2) is 0 Å². The number of hydrogen-bond donors (Lipinski definition) is 0. The first-order valence-electron chi connectivity index (χ1n) is 7.42. The number of ether oxygens (including phenoxy) is 1. The second-order valence-corrected chi connectivity index (χ2v) is 6.67. The third-order valence-electron chi connectivity index (χ3n) is 3.64. The molecule has 0 N–H and O–H groups in total. The Morgan fingerprint density at radius 3 is 2.60 bits per heavy atom. The van der Waals surface area contributed by atoms with Crippen LogP contribution in [-0.2, 0) is 11.2 Å². The van der Waals surface area contributed by atoms with Gasteiger partial charge in [0.15, 0.2) is 0 Å². The fourth-order valence-corrected chi connectivity index (χ4v) is 2.33. The highest BCUT2D eigenvalue weighted by Gasteiger charge is 2.18. The van der Waals surface area contributed by atoms with E-state index in [4.69, 9.17) is 4.74 Å². The highest BCUT2D eigenvalue weighted by Crippen LogP contribution is 2.22. The average Bonchev–Trinajstić information content (AvgIpc) is 2.45. The van der Waals surface area contributed by atoms with Crippen LogP contribution in [0.3, 0.4) is 0 Å². The molecule has 0 aromatic heterocycles. The van der Waals surface area contributed by atoms with Gasteiger partial charge in [0.1, 0.15) is 0 Å². The van der Waals surface area contributed by atoms with E-state index in [1.165, 1.54) is 5.56 Å². The van der Waals surface area contributed by atoms with Gasteiger partial charge in [0.25, 0.3) is 5.91 Å². The van der Waals surface area contributed by atoms with E-state index in [1.54, 1.807) is 0 Å². The van der Waals surface area contributed by atoms with Crippen molar-refractivity contribution in [2.45, 2.75) is 33.6 Å². The molecule has 20 heavy (non-hydrogen) atoms. The van der Waals surface area contributed by atoms with Crippen LogP contribution in [0, 0.1) is 5.41 Å². The Bertz CT molecular complexity index is 456. The zero-order valence-corrected chi connectivity index (χ0v) is 12.8. The number of hydrogen-bond acceptors (Lipinski definition) is 2. The van der Waals surface area contributed by atoms with Crippen molar-refractivity contribution in [3.8, 4) is 0 Å². The molecule has 110 valence electrons. The van der Waals surface area contributed by atoms with Gasteiger partial charge in [0.2, 0.25) is 0 Å². The molecule has 1 aromatic carbocycles. The van der Waals surface area contributed by atoms with Crippen LogP contribution >= 0.6 is 0 Å². The standard InChI is InChI=1S/C17H25NO2/c1-17(2,3)8-7-14-5-4-6-15(13-14)16(19)18-9-11-20-12-10-18/h4-6,13H,7-12H2,1-3H3. The van der Waals surface area contributed by atoms with E-state index in [-0.39, 0.29) is 5.91 Å². The molecular weight excluding hydrogens is 250 g/mol. The zero-order chi connectivity index (χ0) is 14.6. The minimum atomic E-state index is 0.130. The van der Waals surface area contributed by atoms with E-state index in [1.807, 2.05) is 23.1 Å². The summed E-state index contributed by atoms with van der Waals surface area (Å²) in [5.41, 5.74) is 2.38. The number of amides is 1. The monoisotopic (exact) mass is 275 g/mol. The number of aryl methyl sites for hydroxylation is 1. The normalized spacial score (nSPS) is 16.2. The molecule has 1 heterocycles. The van der Waals surface area contributed by atoms with Crippen molar-refractivity contribution in [3.05, 3.63) is 35.4 Å².